The molecule has 0 atom stereocenters. The summed E-state index contributed by atoms with van der Waals surface area (Å²) in [6, 6.07) is 0. The first-order chi connectivity index (χ1) is 8.91. The van der Waals surface area contributed by atoms with E-state index in [9.17, 15) is 0 Å². The molecule has 0 aromatic rings. The third kappa shape index (κ3) is 20.9. The minimum atomic E-state index is 0. The van der Waals surface area contributed by atoms with Gasteiger partial charge in [0.1, 0.15) is 0 Å². The number of hydrazine groups is 1. The Bertz CT molecular complexity index is 127. The van der Waals surface area contributed by atoms with Crippen molar-refractivity contribution in [3.63, 3.8) is 0 Å². The van der Waals surface area contributed by atoms with Crippen LogP contribution in [-0.4, -0.2) is 6.54 Å². The summed E-state index contributed by atoms with van der Waals surface area (Å²) in [5.74, 6) is 5.23. The summed E-state index contributed by atoms with van der Waals surface area (Å²) in [7, 11) is 0. The predicted molar refractivity (Wildman–Crippen MR) is 92.8 cm³/mol. The Balaban J connectivity index is 0. The first kappa shape index (κ1) is 21.7. The molecule has 19 heavy (non-hydrogen) atoms. The van der Waals surface area contributed by atoms with Gasteiger partial charge in [0.2, 0.25) is 0 Å². The molecule has 0 aliphatic heterocycles. The summed E-state index contributed by atoms with van der Waals surface area (Å²) in [6.45, 7) is 3.25. The fourth-order valence-corrected chi connectivity index (χ4v) is 2.42. The van der Waals surface area contributed by atoms with Crippen LogP contribution in [0.1, 0.15) is 96.8 Å². The van der Waals surface area contributed by atoms with Crippen molar-refractivity contribution in [3.8, 4) is 0 Å². The van der Waals surface area contributed by atoms with Crippen molar-refractivity contribution in [2.45, 2.75) is 96.8 Å². The minimum absolute atomic E-state index is 0. The summed E-state index contributed by atoms with van der Waals surface area (Å²) in [6.07, 6.45) is 19.8. The quantitative estimate of drug-likeness (QED) is 0.235. The second-order valence-electron chi connectivity index (χ2n) is 5.55. The van der Waals surface area contributed by atoms with E-state index >= 15 is 0 Å². The summed E-state index contributed by atoms with van der Waals surface area (Å²) in [5, 5.41) is 0. The summed E-state index contributed by atoms with van der Waals surface area (Å²) in [5.41, 5.74) is 2.71. The second-order valence-corrected chi connectivity index (χ2v) is 5.55. The maximum atomic E-state index is 5.23. The zero-order valence-corrected chi connectivity index (χ0v) is 14.8. The van der Waals surface area contributed by atoms with Crippen molar-refractivity contribution in [1.82, 2.24) is 5.43 Å². The maximum Gasteiger partial charge on any atom is 0.00974 e. The average molecular weight is 337 g/mol. The van der Waals surface area contributed by atoms with Gasteiger partial charge >= 0.3 is 0 Å². The number of halogens is 1. The zero-order valence-electron chi connectivity index (χ0n) is 13.1. The van der Waals surface area contributed by atoms with E-state index in [0.29, 0.717) is 0 Å². The van der Waals surface area contributed by atoms with Gasteiger partial charge in [-0.1, -0.05) is 90.4 Å². The molecule has 0 saturated heterocycles. The second kappa shape index (κ2) is 20.7. The molecular weight excluding hydrogens is 300 g/mol. The Morgan fingerprint density at radius 2 is 0.895 bits per heavy atom. The highest BCUT2D eigenvalue weighted by Crippen LogP contribution is 2.12. The van der Waals surface area contributed by atoms with Crippen LogP contribution in [0.5, 0.6) is 0 Å². The van der Waals surface area contributed by atoms with Crippen LogP contribution in [-0.2, 0) is 0 Å². The monoisotopic (exact) mass is 336 g/mol. The van der Waals surface area contributed by atoms with Gasteiger partial charge in [-0.2, -0.15) is 0 Å². The molecular formula is C16H37BrN2. The molecule has 0 unspecified atom stereocenters. The Kier molecular flexibility index (Phi) is 23.6. The molecule has 0 aliphatic carbocycles. The Hall–Kier alpha value is 0.400. The molecule has 3 N–H and O–H groups in total. The maximum absolute atomic E-state index is 5.23. The summed E-state index contributed by atoms with van der Waals surface area (Å²) in [4.78, 5) is 0. The first-order valence-corrected chi connectivity index (χ1v) is 8.35. The smallest absolute Gasteiger partial charge is 0.00974 e. The standard InChI is InChI=1S/C16H36N2.BrH/c1-2-3-4-5-6-7-8-9-10-11-12-13-14-15-16-18-17;/h18H,2-17H2,1H3;1H. The molecule has 0 saturated carbocycles. The van der Waals surface area contributed by atoms with E-state index < -0.39 is 0 Å². The number of unbranched alkanes of at least 4 members (excludes halogenated alkanes) is 13. The Labute approximate surface area is 132 Å². The number of hydrogen-bond acceptors (Lipinski definition) is 2. The van der Waals surface area contributed by atoms with Crippen LogP contribution >= 0.6 is 17.0 Å². The van der Waals surface area contributed by atoms with Crippen LogP contribution < -0.4 is 11.3 Å². The molecule has 3 heteroatoms. The van der Waals surface area contributed by atoms with Crippen LogP contribution in [0.15, 0.2) is 0 Å². The van der Waals surface area contributed by atoms with Gasteiger partial charge in [-0.05, 0) is 6.42 Å². The molecule has 118 valence electrons. The van der Waals surface area contributed by atoms with Gasteiger partial charge in [-0.15, -0.1) is 17.0 Å². The van der Waals surface area contributed by atoms with E-state index in [0.717, 1.165) is 6.54 Å². The lowest BCUT2D eigenvalue weighted by molar-refractivity contribution is 0.531. The molecule has 0 heterocycles. The molecule has 0 radical (unpaired) electrons. The van der Waals surface area contributed by atoms with Crippen molar-refractivity contribution in [2.75, 3.05) is 6.54 Å². The van der Waals surface area contributed by atoms with Gasteiger partial charge in [0.05, 0.1) is 0 Å². The molecule has 0 fully saturated rings. The van der Waals surface area contributed by atoms with E-state index in [-0.39, 0.29) is 17.0 Å². The van der Waals surface area contributed by atoms with Crippen LogP contribution in [0, 0.1) is 0 Å². The lowest BCUT2D eigenvalue weighted by Crippen LogP contribution is -2.22. The highest BCUT2D eigenvalue weighted by molar-refractivity contribution is 8.93. The fraction of sp³-hybridized carbons (Fsp3) is 1.00. The highest BCUT2D eigenvalue weighted by Gasteiger charge is 1.93. The molecule has 2 nitrogen and oxygen atoms in total. The van der Waals surface area contributed by atoms with E-state index in [4.69, 9.17) is 5.84 Å². The van der Waals surface area contributed by atoms with Crippen molar-refractivity contribution in [3.05, 3.63) is 0 Å². The molecule has 0 aromatic carbocycles. The van der Waals surface area contributed by atoms with Crippen LogP contribution in [0.2, 0.25) is 0 Å². The van der Waals surface area contributed by atoms with Gasteiger partial charge in [0, 0.05) is 6.54 Å². The number of nitrogens with two attached hydrogens (primary N) is 1. The SMILES string of the molecule is Br.CCCCCCCCCCCCCCCCNN. The third-order valence-electron chi connectivity index (χ3n) is 3.67. The lowest BCUT2D eigenvalue weighted by atomic mass is 10.0. The average Bonchev–Trinajstić information content (AvgIpc) is 2.39. The summed E-state index contributed by atoms with van der Waals surface area (Å²) >= 11 is 0. The van der Waals surface area contributed by atoms with Crippen molar-refractivity contribution < 1.29 is 0 Å². The van der Waals surface area contributed by atoms with Crippen molar-refractivity contribution >= 4 is 17.0 Å². The zero-order chi connectivity index (χ0) is 13.3. The highest BCUT2D eigenvalue weighted by atomic mass is 79.9. The van der Waals surface area contributed by atoms with Crippen LogP contribution in [0.4, 0.5) is 0 Å². The number of nitrogens with one attached hydrogen (secondary N) is 1. The van der Waals surface area contributed by atoms with E-state index in [1.54, 1.807) is 0 Å². The third-order valence-corrected chi connectivity index (χ3v) is 3.67. The van der Waals surface area contributed by atoms with Crippen LogP contribution in [0.3, 0.4) is 0 Å². The first-order valence-electron chi connectivity index (χ1n) is 8.35. The largest absolute Gasteiger partial charge is 0.271 e. The van der Waals surface area contributed by atoms with Crippen molar-refractivity contribution in [1.29, 1.82) is 0 Å². The summed E-state index contributed by atoms with van der Waals surface area (Å²) < 4.78 is 0. The topological polar surface area (TPSA) is 38.0 Å². The molecule has 0 amide bonds. The van der Waals surface area contributed by atoms with E-state index in [1.807, 2.05) is 0 Å². The predicted octanol–water partition coefficient (Wildman–Crippen LogP) is 5.51. The minimum Gasteiger partial charge on any atom is -0.271 e. The molecule has 0 rings (SSSR count). The van der Waals surface area contributed by atoms with Crippen molar-refractivity contribution in [2.24, 2.45) is 5.84 Å². The van der Waals surface area contributed by atoms with Gasteiger partial charge in [-0.25, -0.2) is 0 Å². The van der Waals surface area contributed by atoms with E-state index in [2.05, 4.69) is 12.3 Å². The Morgan fingerprint density at radius 1 is 0.579 bits per heavy atom. The molecule has 0 aliphatic rings. The molecule has 0 spiro atoms. The van der Waals surface area contributed by atoms with Gasteiger partial charge in [-0.3, -0.25) is 11.3 Å². The van der Waals surface area contributed by atoms with Gasteiger partial charge in [0.15, 0.2) is 0 Å². The van der Waals surface area contributed by atoms with Gasteiger partial charge in [0.25, 0.3) is 0 Å². The van der Waals surface area contributed by atoms with Crippen LogP contribution in [0.25, 0.3) is 0 Å². The molecule has 0 bridgehead atoms. The fourth-order valence-electron chi connectivity index (χ4n) is 2.42. The molecule has 0 aromatic heterocycles. The Morgan fingerprint density at radius 3 is 1.21 bits per heavy atom. The van der Waals surface area contributed by atoms with E-state index in [1.165, 1.54) is 89.9 Å². The number of rotatable bonds is 15. The number of hydrogen-bond donors (Lipinski definition) is 2. The normalized spacial score (nSPS) is 10.4. The van der Waals surface area contributed by atoms with Gasteiger partial charge < -0.3 is 0 Å². The lowest BCUT2D eigenvalue weighted by Gasteiger charge is -2.03.